The highest BCUT2D eigenvalue weighted by Gasteiger charge is 2.36. The average molecular weight is 832 g/mol. The van der Waals surface area contributed by atoms with Crippen molar-refractivity contribution in [2.24, 2.45) is 0 Å². The molecule has 0 saturated heterocycles. The molecule has 1 aliphatic carbocycles. The van der Waals surface area contributed by atoms with Crippen molar-refractivity contribution in [3.05, 3.63) is 208 Å². The Bertz CT molecular complexity index is 3360. The van der Waals surface area contributed by atoms with Crippen LogP contribution in [0.5, 0.6) is 0 Å². The Morgan fingerprint density at radius 1 is 0.516 bits per heavy atom. The summed E-state index contributed by atoms with van der Waals surface area (Å²) in [6.45, 7) is 2.40. The molecule has 0 saturated carbocycles. The van der Waals surface area contributed by atoms with Gasteiger partial charge in [-0.15, -0.1) is 22.7 Å². The van der Waals surface area contributed by atoms with Crippen LogP contribution in [0, 0.1) is 0 Å². The van der Waals surface area contributed by atoms with Crippen LogP contribution in [-0.4, -0.2) is 17.0 Å². The molecule has 62 heavy (non-hydrogen) atoms. The summed E-state index contributed by atoms with van der Waals surface area (Å²) < 4.78 is 2.69. The van der Waals surface area contributed by atoms with Gasteiger partial charge in [-0.1, -0.05) is 159 Å². The van der Waals surface area contributed by atoms with E-state index in [9.17, 15) is 0 Å². The van der Waals surface area contributed by atoms with Gasteiger partial charge in [0.1, 0.15) is 0 Å². The van der Waals surface area contributed by atoms with Crippen LogP contribution in [-0.2, 0) is 0 Å². The summed E-state index contributed by atoms with van der Waals surface area (Å²) in [6.07, 6.45) is 3.52. The lowest BCUT2D eigenvalue weighted by Gasteiger charge is -2.38. The molecule has 0 bridgehead atoms. The summed E-state index contributed by atoms with van der Waals surface area (Å²) in [7, 11) is 2.28. The molecule has 7 aromatic carbocycles. The zero-order chi connectivity index (χ0) is 41.3. The quantitative estimate of drug-likeness (QED) is 0.167. The van der Waals surface area contributed by atoms with Crippen LogP contribution in [0.2, 0.25) is 0 Å². The van der Waals surface area contributed by atoms with E-state index in [1.807, 2.05) is 28.7 Å². The third-order valence-electron chi connectivity index (χ3n) is 12.8. The van der Waals surface area contributed by atoms with E-state index in [2.05, 4.69) is 201 Å². The van der Waals surface area contributed by atoms with Gasteiger partial charge >= 0.3 is 0 Å². The van der Waals surface area contributed by atoms with Crippen molar-refractivity contribution in [1.82, 2.24) is 9.97 Å². The van der Waals surface area contributed by atoms with Gasteiger partial charge in [0, 0.05) is 65.1 Å². The molecule has 2 atom stereocenters. The summed E-state index contributed by atoms with van der Waals surface area (Å²) in [5.41, 5.74) is 16.7. The molecule has 12 rings (SSSR count). The number of nitrogens with zero attached hydrogens (tertiary/aromatic N) is 3. The van der Waals surface area contributed by atoms with E-state index in [0.717, 1.165) is 34.5 Å². The van der Waals surface area contributed by atoms with Gasteiger partial charge in [-0.05, 0) is 87.5 Å². The molecule has 4 heterocycles. The Kier molecular flexibility index (Phi) is 8.87. The number of anilines is 1. The van der Waals surface area contributed by atoms with E-state index in [0.29, 0.717) is 11.7 Å². The van der Waals surface area contributed by atoms with Gasteiger partial charge in [-0.3, -0.25) is 0 Å². The minimum absolute atomic E-state index is 0.0113. The molecule has 0 amide bonds. The van der Waals surface area contributed by atoms with E-state index < -0.39 is 0 Å². The summed E-state index contributed by atoms with van der Waals surface area (Å²) >= 11 is 3.90. The fourth-order valence-corrected chi connectivity index (χ4v) is 12.4. The minimum atomic E-state index is 0.0113. The topological polar surface area (TPSA) is 29.0 Å². The Morgan fingerprint density at radius 3 is 1.89 bits per heavy atom. The summed E-state index contributed by atoms with van der Waals surface area (Å²) in [4.78, 5) is 15.8. The second-order valence-electron chi connectivity index (χ2n) is 16.6. The van der Waals surface area contributed by atoms with Gasteiger partial charge in [0.05, 0.1) is 17.4 Å². The predicted octanol–water partition coefficient (Wildman–Crippen LogP) is 15.8. The second-order valence-corrected chi connectivity index (χ2v) is 18.8. The van der Waals surface area contributed by atoms with Crippen LogP contribution in [0.4, 0.5) is 5.69 Å². The number of allylic oxidation sites excluding steroid dienone is 1. The Morgan fingerprint density at radius 2 is 1.11 bits per heavy atom. The van der Waals surface area contributed by atoms with Crippen molar-refractivity contribution in [2.75, 3.05) is 11.9 Å². The largest absolute Gasteiger partial charge is 0.362 e. The first kappa shape index (κ1) is 36.9. The predicted molar refractivity (Wildman–Crippen MR) is 264 cm³/mol. The molecule has 2 aliphatic rings. The van der Waals surface area contributed by atoms with Crippen molar-refractivity contribution < 1.29 is 0 Å². The van der Waals surface area contributed by atoms with Gasteiger partial charge in [0.25, 0.3) is 0 Å². The number of rotatable bonds is 6. The van der Waals surface area contributed by atoms with E-state index >= 15 is 0 Å². The average Bonchev–Trinajstić information content (AvgIpc) is 3.91. The smallest absolute Gasteiger partial charge is 0.160 e. The maximum Gasteiger partial charge on any atom is 0.160 e. The van der Waals surface area contributed by atoms with Crippen molar-refractivity contribution in [2.45, 2.75) is 25.3 Å². The molecule has 3 aromatic heterocycles. The van der Waals surface area contributed by atoms with E-state index in [-0.39, 0.29) is 6.04 Å². The number of benzene rings is 7. The highest BCUT2D eigenvalue weighted by atomic mass is 32.1. The second kappa shape index (κ2) is 14.9. The van der Waals surface area contributed by atoms with E-state index in [4.69, 9.17) is 9.97 Å². The summed E-state index contributed by atoms with van der Waals surface area (Å²) in [6, 6.07) is 65.7. The molecular formula is C57H41N3S2. The molecule has 0 fully saturated rings. The molecule has 0 radical (unpaired) electrons. The van der Waals surface area contributed by atoms with Gasteiger partial charge in [-0.25, -0.2) is 9.97 Å². The lowest BCUT2D eigenvalue weighted by atomic mass is 9.80. The fraction of sp³-hybridized carbons (Fsp3) is 0.0877. The van der Waals surface area contributed by atoms with Crippen LogP contribution in [0.25, 0.3) is 88.0 Å². The van der Waals surface area contributed by atoms with Gasteiger partial charge in [0.15, 0.2) is 5.82 Å². The van der Waals surface area contributed by atoms with Gasteiger partial charge in [0.2, 0.25) is 0 Å². The Labute approximate surface area is 370 Å². The van der Waals surface area contributed by atoms with E-state index in [1.165, 1.54) is 80.1 Å². The summed E-state index contributed by atoms with van der Waals surface area (Å²) in [5, 5.41) is 2.69. The first-order chi connectivity index (χ1) is 30.6. The van der Waals surface area contributed by atoms with Crippen molar-refractivity contribution in [3.63, 3.8) is 0 Å². The number of hydrogen-bond acceptors (Lipinski definition) is 5. The third kappa shape index (κ3) is 6.14. The van der Waals surface area contributed by atoms with Crippen LogP contribution < -0.4 is 4.90 Å². The first-order valence-electron chi connectivity index (χ1n) is 21.4. The highest BCUT2D eigenvalue weighted by molar-refractivity contribution is 7.20. The molecule has 2 unspecified atom stereocenters. The number of hydrogen-bond donors (Lipinski definition) is 0. The first-order valence-corrected chi connectivity index (χ1v) is 23.0. The minimum Gasteiger partial charge on any atom is -0.362 e. The number of thiophene rings is 2. The zero-order valence-corrected chi connectivity index (χ0v) is 36.1. The molecular weight excluding hydrogens is 791 g/mol. The lowest BCUT2D eigenvalue weighted by Crippen LogP contribution is -2.28. The fourth-order valence-electron chi connectivity index (χ4n) is 9.80. The maximum absolute atomic E-state index is 5.26. The molecule has 0 N–H and O–H groups in total. The Hall–Kier alpha value is -6.92. The van der Waals surface area contributed by atoms with E-state index in [1.54, 1.807) is 0 Å². The normalized spacial score (nSPS) is 15.6. The standard InChI is InChI=1S/C57H41N3S2/c1-35-31-42(33-46-44-21-9-11-25-50(44)61-55(35)46)43-23-14-24-49-52(43)53-45-22-10-12-26-51(45)62-56(53)54(60(49)2)41-20-13-19-40(32-41)48-34-47(58-57(59-48)39-17-7-4-8-18-39)38-29-27-37(28-30-38)36-15-5-3-6-16-36/h3-30,32-35,54H,31H2,1-2H3. The van der Waals surface area contributed by atoms with Gasteiger partial charge in [-0.2, -0.15) is 0 Å². The number of fused-ring (bicyclic) bond motifs is 8. The molecule has 0 spiro atoms. The van der Waals surface area contributed by atoms with Crippen LogP contribution in [0.15, 0.2) is 182 Å². The van der Waals surface area contributed by atoms with Crippen molar-refractivity contribution in [1.29, 1.82) is 0 Å². The van der Waals surface area contributed by atoms with Crippen LogP contribution >= 0.6 is 22.7 Å². The van der Waals surface area contributed by atoms with Crippen LogP contribution in [0.3, 0.4) is 0 Å². The maximum atomic E-state index is 5.26. The molecule has 3 nitrogen and oxygen atoms in total. The Balaban J connectivity index is 0.986. The van der Waals surface area contributed by atoms with Gasteiger partial charge < -0.3 is 4.90 Å². The SMILES string of the molecule is CC1CC(c2cccc3c2-c2c(sc4ccccc24)C(c2cccc(-c4cc(-c5ccc(-c6ccccc6)cc5)nc(-c5ccccc5)n4)c2)N3C)=Cc2c1sc1ccccc21. The van der Waals surface area contributed by atoms with Crippen molar-refractivity contribution in [3.8, 4) is 56.2 Å². The molecule has 10 aromatic rings. The van der Waals surface area contributed by atoms with Crippen molar-refractivity contribution >= 4 is 60.2 Å². The molecule has 296 valence electrons. The molecule has 5 heteroatoms. The lowest BCUT2D eigenvalue weighted by molar-refractivity contribution is 0.788. The summed E-state index contributed by atoms with van der Waals surface area (Å²) in [5.74, 6) is 1.17. The third-order valence-corrected chi connectivity index (χ3v) is 15.4. The monoisotopic (exact) mass is 831 g/mol. The zero-order valence-electron chi connectivity index (χ0n) is 34.4. The van der Waals surface area contributed by atoms with Crippen LogP contribution in [0.1, 0.15) is 51.7 Å². The number of aromatic nitrogens is 2. The highest BCUT2D eigenvalue weighted by Crippen LogP contribution is 2.56. The molecule has 1 aliphatic heterocycles.